The second-order valence-electron chi connectivity index (χ2n) is 5.35. The van der Waals surface area contributed by atoms with E-state index < -0.39 is 10.0 Å². The zero-order valence-electron chi connectivity index (χ0n) is 12.8. The summed E-state index contributed by atoms with van der Waals surface area (Å²) >= 11 is 0. The summed E-state index contributed by atoms with van der Waals surface area (Å²) in [7, 11) is -2.04. The Labute approximate surface area is 132 Å². The number of nitrogens with zero attached hydrogens (tertiary/aromatic N) is 1. The minimum Gasteiger partial charge on any atom is -0.339 e. The number of likely N-dealkylation sites (tertiary alicyclic amines) is 1. The number of amides is 1. The van der Waals surface area contributed by atoms with Crippen molar-refractivity contribution in [3.63, 3.8) is 0 Å². The molecule has 0 aliphatic carbocycles. The molecule has 22 heavy (non-hydrogen) atoms. The monoisotopic (exact) mass is 322 g/mol. The topological polar surface area (TPSA) is 66.5 Å². The van der Waals surface area contributed by atoms with Crippen molar-refractivity contribution >= 4 is 22.0 Å². The number of carbonyl (C=O) groups is 1. The molecule has 1 aromatic rings. The van der Waals surface area contributed by atoms with Crippen molar-refractivity contribution in [1.82, 2.24) is 9.62 Å². The normalized spacial score (nSPS) is 16.7. The summed E-state index contributed by atoms with van der Waals surface area (Å²) in [5.74, 6) is 0.0221. The molecule has 0 radical (unpaired) electrons. The third kappa shape index (κ3) is 4.42. The van der Waals surface area contributed by atoms with E-state index in [1.165, 1.54) is 32.0 Å². The van der Waals surface area contributed by atoms with Crippen molar-refractivity contribution in [2.45, 2.75) is 30.6 Å². The number of sulfonamides is 1. The average Bonchev–Trinajstić information content (AvgIpc) is 2.82. The molecule has 5 nitrogen and oxygen atoms in total. The average molecular weight is 322 g/mol. The van der Waals surface area contributed by atoms with Crippen molar-refractivity contribution in [2.75, 3.05) is 20.1 Å². The van der Waals surface area contributed by atoms with Gasteiger partial charge in [-0.3, -0.25) is 4.79 Å². The first-order chi connectivity index (χ1) is 10.5. The van der Waals surface area contributed by atoms with Crippen LogP contribution in [0.15, 0.2) is 35.2 Å². The molecule has 0 unspecified atom stereocenters. The predicted octanol–water partition coefficient (Wildman–Crippen LogP) is 2.01. The molecule has 1 aromatic carbocycles. The molecule has 1 saturated heterocycles. The highest BCUT2D eigenvalue weighted by molar-refractivity contribution is 7.89. The van der Waals surface area contributed by atoms with Gasteiger partial charge in [0.25, 0.3) is 0 Å². The van der Waals surface area contributed by atoms with E-state index in [1.807, 2.05) is 4.90 Å². The highest BCUT2D eigenvalue weighted by Gasteiger charge is 2.13. The van der Waals surface area contributed by atoms with E-state index in [9.17, 15) is 13.2 Å². The molecule has 0 bridgehead atoms. The van der Waals surface area contributed by atoms with E-state index in [0.717, 1.165) is 31.5 Å². The fourth-order valence-electron chi connectivity index (χ4n) is 2.44. The Morgan fingerprint density at radius 3 is 2.23 bits per heavy atom. The molecule has 1 N–H and O–H groups in total. The van der Waals surface area contributed by atoms with E-state index in [1.54, 1.807) is 24.3 Å². The predicted molar refractivity (Wildman–Crippen MR) is 86.8 cm³/mol. The molecule has 6 heteroatoms. The molecule has 1 amide bonds. The quantitative estimate of drug-likeness (QED) is 0.862. The summed E-state index contributed by atoms with van der Waals surface area (Å²) in [6.45, 7) is 1.64. The lowest BCUT2D eigenvalue weighted by molar-refractivity contribution is -0.125. The van der Waals surface area contributed by atoms with Crippen LogP contribution in [0.3, 0.4) is 0 Å². The molecule has 0 aromatic heterocycles. The van der Waals surface area contributed by atoms with E-state index in [0.29, 0.717) is 0 Å². The molecule has 1 heterocycles. The lowest BCUT2D eigenvalue weighted by atomic mass is 10.2. The number of carbonyl (C=O) groups excluding carboxylic acids is 1. The van der Waals surface area contributed by atoms with Crippen LogP contribution in [0.1, 0.15) is 31.2 Å². The third-order valence-electron chi connectivity index (χ3n) is 3.80. The van der Waals surface area contributed by atoms with Gasteiger partial charge in [0.2, 0.25) is 15.9 Å². The molecule has 120 valence electrons. The summed E-state index contributed by atoms with van der Waals surface area (Å²) in [5, 5.41) is 0. The summed E-state index contributed by atoms with van der Waals surface area (Å²) in [6.07, 6.45) is 7.80. The van der Waals surface area contributed by atoms with Crippen LogP contribution in [0.25, 0.3) is 6.08 Å². The lowest BCUT2D eigenvalue weighted by Crippen LogP contribution is -2.30. The maximum atomic E-state index is 12.1. The van der Waals surface area contributed by atoms with Crippen LogP contribution in [0.4, 0.5) is 0 Å². The Balaban J connectivity index is 2.02. The van der Waals surface area contributed by atoms with Crippen LogP contribution in [0, 0.1) is 0 Å². The van der Waals surface area contributed by atoms with Crippen LogP contribution in [0.2, 0.25) is 0 Å². The summed E-state index contributed by atoms with van der Waals surface area (Å²) in [5.41, 5.74) is 0.804. The van der Waals surface area contributed by atoms with Crippen LogP contribution in [0.5, 0.6) is 0 Å². The second-order valence-corrected chi connectivity index (χ2v) is 7.24. The Bertz CT molecular complexity index is 628. The molecular formula is C16H22N2O3S. The highest BCUT2D eigenvalue weighted by Crippen LogP contribution is 2.13. The summed E-state index contributed by atoms with van der Waals surface area (Å²) in [6, 6.07) is 6.44. The van der Waals surface area contributed by atoms with Gasteiger partial charge in [-0.25, -0.2) is 13.1 Å². The van der Waals surface area contributed by atoms with E-state index in [-0.39, 0.29) is 10.8 Å². The Morgan fingerprint density at radius 1 is 1.09 bits per heavy atom. The Morgan fingerprint density at radius 2 is 1.68 bits per heavy atom. The van der Waals surface area contributed by atoms with Crippen LogP contribution in [-0.4, -0.2) is 39.4 Å². The van der Waals surface area contributed by atoms with Gasteiger partial charge in [0, 0.05) is 19.2 Å². The first-order valence-electron chi connectivity index (χ1n) is 7.53. The largest absolute Gasteiger partial charge is 0.339 e. The number of hydrogen-bond acceptors (Lipinski definition) is 3. The highest BCUT2D eigenvalue weighted by atomic mass is 32.2. The van der Waals surface area contributed by atoms with Gasteiger partial charge >= 0.3 is 0 Å². The van der Waals surface area contributed by atoms with Crippen LogP contribution in [-0.2, 0) is 14.8 Å². The minimum atomic E-state index is -3.42. The van der Waals surface area contributed by atoms with Crippen molar-refractivity contribution in [2.24, 2.45) is 0 Å². The molecule has 0 spiro atoms. The molecular weight excluding hydrogens is 300 g/mol. The maximum Gasteiger partial charge on any atom is 0.246 e. The third-order valence-corrected chi connectivity index (χ3v) is 5.23. The van der Waals surface area contributed by atoms with Gasteiger partial charge in [-0.1, -0.05) is 25.0 Å². The Kier molecular flexibility index (Phi) is 5.74. The lowest BCUT2D eigenvalue weighted by Gasteiger charge is -2.17. The van der Waals surface area contributed by atoms with Crippen molar-refractivity contribution < 1.29 is 13.2 Å². The number of hydrogen-bond donors (Lipinski definition) is 1. The molecule has 2 rings (SSSR count). The van der Waals surface area contributed by atoms with Crippen molar-refractivity contribution in [3.05, 3.63) is 35.9 Å². The van der Waals surface area contributed by atoms with Crippen molar-refractivity contribution in [1.29, 1.82) is 0 Å². The first kappa shape index (κ1) is 16.7. The van der Waals surface area contributed by atoms with Gasteiger partial charge < -0.3 is 4.90 Å². The minimum absolute atomic E-state index is 0.0221. The Hall–Kier alpha value is -1.66. The molecule has 1 aliphatic heterocycles. The molecule has 1 fully saturated rings. The fourth-order valence-corrected chi connectivity index (χ4v) is 3.17. The fraction of sp³-hybridized carbons (Fsp3) is 0.438. The number of rotatable bonds is 4. The van der Waals surface area contributed by atoms with Crippen LogP contribution < -0.4 is 4.72 Å². The van der Waals surface area contributed by atoms with Gasteiger partial charge in [0.1, 0.15) is 0 Å². The van der Waals surface area contributed by atoms with Crippen LogP contribution >= 0.6 is 0 Å². The number of benzene rings is 1. The van der Waals surface area contributed by atoms with Gasteiger partial charge in [0.15, 0.2) is 0 Å². The standard InChI is InChI=1S/C16H22N2O3S/c1-17-22(20,21)15-9-6-14(7-10-15)8-11-16(19)18-12-4-2-3-5-13-18/h6-11,17H,2-5,12-13H2,1H3/b11-8+. The van der Waals surface area contributed by atoms with Gasteiger partial charge in [-0.15, -0.1) is 0 Å². The summed E-state index contributed by atoms with van der Waals surface area (Å²) in [4.78, 5) is 14.2. The second kappa shape index (κ2) is 7.56. The van der Waals surface area contributed by atoms with Gasteiger partial charge in [0.05, 0.1) is 4.90 Å². The van der Waals surface area contributed by atoms with Crippen molar-refractivity contribution in [3.8, 4) is 0 Å². The number of nitrogens with one attached hydrogen (secondary N) is 1. The molecule has 0 atom stereocenters. The van der Waals surface area contributed by atoms with E-state index >= 15 is 0 Å². The smallest absolute Gasteiger partial charge is 0.246 e. The molecule has 0 saturated carbocycles. The van der Waals surface area contributed by atoms with E-state index in [4.69, 9.17) is 0 Å². The zero-order valence-corrected chi connectivity index (χ0v) is 13.6. The first-order valence-corrected chi connectivity index (χ1v) is 9.02. The SMILES string of the molecule is CNS(=O)(=O)c1ccc(/C=C/C(=O)N2CCCCCC2)cc1. The van der Waals surface area contributed by atoms with E-state index in [2.05, 4.69) is 4.72 Å². The molecule has 1 aliphatic rings. The zero-order chi connectivity index (χ0) is 16.0. The van der Waals surface area contributed by atoms with Gasteiger partial charge in [-0.05, 0) is 43.7 Å². The van der Waals surface area contributed by atoms with Gasteiger partial charge in [-0.2, -0.15) is 0 Å². The maximum absolute atomic E-state index is 12.1. The summed E-state index contributed by atoms with van der Waals surface area (Å²) < 4.78 is 25.5.